The number of benzene rings is 1. The molecule has 0 spiro atoms. The zero-order valence-electron chi connectivity index (χ0n) is 19.8. The first kappa shape index (κ1) is 24.7. The summed E-state index contributed by atoms with van der Waals surface area (Å²) in [7, 11) is 0. The van der Waals surface area contributed by atoms with E-state index in [4.69, 9.17) is 10.00 Å². The molecule has 174 valence electrons. The lowest BCUT2D eigenvalue weighted by atomic mass is 9.78. The van der Waals surface area contributed by atoms with Crippen molar-refractivity contribution in [3.05, 3.63) is 59.4 Å². The van der Waals surface area contributed by atoms with Gasteiger partial charge in [-0.1, -0.05) is 49.8 Å². The third kappa shape index (κ3) is 8.21. The van der Waals surface area contributed by atoms with E-state index in [-0.39, 0.29) is 0 Å². The summed E-state index contributed by atoms with van der Waals surface area (Å²) in [6.07, 6.45) is 19.8. The number of hydrogen-bond acceptors (Lipinski definition) is 2. The first-order chi connectivity index (χ1) is 15.7. The number of nitriles is 1. The van der Waals surface area contributed by atoms with Gasteiger partial charge in [-0.2, -0.15) is 9.65 Å². The second kappa shape index (κ2) is 13.6. The van der Waals surface area contributed by atoms with Crippen molar-refractivity contribution in [3.63, 3.8) is 0 Å². The maximum Gasteiger partial charge on any atom is 0.199 e. The molecule has 0 heterocycles. The highest BCUT2D eigenvalue weighted by Gasteiger charge is 2.25. The third-order valence-electron chi connectivity index (χ3n) is 7.42. The molecule has 0 N–H and O–H groups in total. The van der Waals surface area contributed by atoms with Crippen LogP contribution in [0.1, 0.15) is 94.6 Å². The summed E-state index contributed by atoms with van der Waals surface area (Å²) in [5, 5.41) is 8.39. The number of ether oxygens (including phenoxy) is 1. The zero-order valence-corrected chi connectivity index (χ0v) is 19.8. The van der Waals surface area contributed by atoms with Gasteiger partial charge < -0.3 is 4.74 Å². The summed E-state index contributed by atoms with van der Waals surface area (Å²) >= 11 is 0. The zero-order chi connectivity index (χ0) is 22.6. The molecular formula is C29H40FNO. The number of rotatable bonds is 10. The average molecular weight is 438 g/mol. The largest absolute Gasteiger partial charge is 0.378 e. The minimum Gasteiger partial charge on any atom is -0.378 e. The molecular weight excluding hydrogens is 397 g/mol. The summed E-state index contributed by atoms with van der Waals surface area (Å²) in [6, 6.07) is 10.9. The fourth-order valence-electron chi connectivity index (χ4n) is 5.38. The van der Waals surface area contributed by atoms with E-state index in [0.29, 0.717) is 6.10 Å². The minimum absolute atomic E-state index is 0.443. The Morgan fingerprint density at radius 3 is 2.38 bits per heavy atom. The van der Waals surface area contributed by atoms with Crippen molar-refractivity contribution in [1.82, 2.24) is 0 Å². The Hall–Kier alpha value is -1.92. The first-order valence-electron chi connectivity index (χ1n) is 12.8. The van der Waals surface area contributed by atoms with E-state index in [9.17, 15) is 4.39 Å². The smallest absolute Gasteiger partial charge is 0.199 e. The highest BCUT2D eigenvalue weighted by molar-refractivity contribution is 5.26. The van der Waals surface area contributed by atoms with Gasteiger partial charge in [0.2, 0.25) is 0 Å². The second-order valence-electron chi connectivity index (χ2n) is 9.82. The highest BCUT2D eigenvalue weighted by Crippen LogP contribution is 2.37. The topological polar surface area (TPSA) is 33.0 Å². The fraction of sp³-hybridized carbons (Fsp3) is 0.621. The molecule has 0 radical (unpaired) electrons. The van der Waals surface area contributed by atoms with E-state index in [0.717, 1.165) is 37.2 Å². The normalized spacial score (nSPS) is 26.8. The molecule has 2 saturated carbocycles. The van der Waals surface area contributed by atoms with Gasteiger partial charge in [-0.3, -0.25) is 0 Å². The molecule has 3 heteroatoms. The lowest BCUT2D eigenvalue weighted by molar-refractivity contribution is -0.00824. The van der Waals surface area contributed by atoms with Crippen molar-refractivity contribution >= 4 is 0 Å². The Kier molecular flexibility index (Phi) is 10.5. The molecule has 2 aliphatic rings. The van der Waals surface area contributed by atoms with E-state index in [1.165, 1.54) is 87.5 Å². The van der Waals surface area contributed by atoms with E-state index in [1.54, 1.807) is 6.08 Å². The van der Waals surface area contributed by atoms with Crippen LogP contribution in [0.3, 0.4) is 0 Å². The Morgan fingerprint density at radius 1 is 1.03 bits per heavy atom. The van der Waals surface area contributed by atoms with Gasteiger partial charge in [-0.15, -0.1) is 0 Å². The number of hydrogen-bond donors (Lipinski definition) is 0. The standard InChI is InChI=1S/C29H40FNO/c1-2-6-23-9-15-26(16-10-23)27-17-11-25(12-18-27)22-32-29-19-13-24(14-20-29)7-4-3-5-8-28(30)21-31/h3,5,8-10,15-16,24-25,27,29H,2,4,6-7,11-14,17-20,22H2,1H3/t24-,25-,27-,29-. The van der Waals surface area contributed by atoms with Crippen LogP contribution in [-0.4, -0.2) is 12.7 Å². The molecule has 0 aromatic heterocycles. The van der Waals surface area contributed by atoms with Crippen molar-refractivity contribution in [2.24, 2.45) is 11.8 Å². The van der Waals surface area contributed by atoms with Crippen molar-refractivity contribution in [2.45, 2.75) is 96.0 Å². The molecule has 3 rings (SSSR count). The van der Waals surface area contributed by atoms with Gasteiger partial charge in [0.1, 0.15) is 6.07 Å². The number of aryl methyl sites for hydroxylation is 1. The molecule has 32 heavy (non-hydrogen) atoms. The van der Waals surface area contributed by atoms with Crippen LogP contribution in [0.2, 0.25) is 0 Å². The van der Waals surface area contributed by atoms with E-state index in [2.05, 4.69) is 31.2 Å². The van der Waals surface area contributed by atoms with Crippen LogP contribution >= 0.6 is 0 Å². The molecule has 0 saturated heterocycles. The molecule has 0 amide bonds. The fourth-order valence-corrected chi connectivity index (χ4v) is 5.38. The lowest BCUT2D eigenvalue weighted by Crippen LogP contribution is -2.25. The van der Waals surface area contributed by atoms with Gasteiger partial charge >= 0.3 is 0 Å². The first-order valence-corrected chi connectivity index (χ1v) is 12.8. The number of nitrogens with zero attached hydrogens (tertiary/aromatic N) is 1. The maximum absolute atomic E-state index is 12.7. The van der Waals surface area contributed by atoms with E-state index < -0.39 is 5.83 Å². The van der Waals surface area contributed by atoms with E-state index >= 15 is 0 Å². The molecule has 2 nitrogen and oxygen atoms in total. The highest BCUT2D eigenvalue weighted by atomic mass is 19.1. The third-order valence-corrected chi connectivity index (χ3v) is 7.42. The molecule has 0 unspecified atom stereocenters. The van der Waals surface area contributed by atoms with Crippen molar-refractivity contribution < 1.29 is 9.13 Å². The molecule has 0 bridgehead atoms. The van der Waals surface area contributed by atoms with Gasteiger partial charge in [-0.05, 0) is 106 Å². The summed E-state index contributed by atoms with van der Waals surface area (Å²) in [5.41, 5.74) is 3.00. The molecule has 2 fully saturated rings. The molecule has 0 atom stereocenters. The maximum atomic E-state index is 12.7. The quantitative estimate of drug-likeness (QED) is 0.273. The number of halogens is 1. The summed E-state index contributed by atoms with van der Waals surface area (Å²) < 4.78 is 19.1. The second-order valence-corrected chi connectivity index (χ2v) is 9.82. The predicted octanol–water partition coefficient (Wildman–Crippen LogP) is 8.20. The van der Waals surface area contributed by atoms with E-state index in [1.807, 2.05) is 6.08 Å². The van der Waals surface area contributed by atoms with Gasteiger partial charge in [-0.25, -0.2) is 0 Å². The van der Waals surface area contributed by atoms with Crippen LogP contribution in [0.15, 0.2) is 48.3 Å². The Bertz CT molecular complexity index is 759. The Morgan fingerprint density at radius 2 is 1.72 bits per heavy atom. The lowest BCUT2D eigenvalue weighted by Gasteiger charge is -2.32. The molecule has 1 aromatic rings. The van der Waals surface area contributed by atoms with Crippen LogP contribution in [0, 0.1) is 23.2 Å². The SMILES string of the molecule is CCCc1ccc([C@H]2CC[C@H](CO[C@H]3CC[C@H](CCC=CC=C(F)C#N)CC3)CC2)cc1. The van der Waals surface area contributed by atoms with Crippen LogP contribution < -0.4 is 0 Å². The molecule has 2 aliphatic carbocycles. The van der Waals surface area contributed by atoms with Crippen LogP contribution in [0.5, 0.6) is 0 Å². The number of allylic oxidation sites excluding steroid dienone is 4. The predicted molar refractivity (Wildman–Crippen MR) is 130 cm³/mol. The molecule has 0 aliphatic heterocycles. The molecule has 1 aromatic carbocycles. The van der Waals surface area contributed by atoms with Gasteiger partial charge in [0.15, 0.2) is 5.83 Å². The van der Waals surface area contributed by atoms with Crippen LogP contribution in [0.4, 0.5) is 4.39 Å². The van der Waals surface area contributed by atoms with Crippen LogP contribution in [-0.2, 0) is 11.2 Å². The van der Waals surface area contributed by atoms with Crippen molar-refractivity contribution in [1.29, 1.82) is 5.26 Å². The Labute approximate surface area is 194 Å². The average Bonchev–Trinajstić information content (AvgIpc) is 2.84. The Balaban J connectivity index is 1.28. The van der Waals surface area contributed by atoms with Crippen LogP contribution in [0.25, 0.3) is 0 Å². The van der Waals surface area contributed by atoms with Crippen molar-refractivity contribution in [2.75, 3.05) is 6.61 Å². The minimum atomic E-state index is -0.728. The van der Waals surface area contributed by atoms with Gasteiger partial charge in [0.25, 0.3) is 0 Å². The summed E-state index contributed by atoms with van der Waals surface area (Å²) in [6.45, 7) is 3.18. The summed E-state index contributed by atoms with van der Waals surface area (Å²) in [4.78, 5) is 0. The van der Waals surface area contributed by atoms with Gasteiger partial charge in [0.05, 0.1) is 6.10 Å². The monoisotopic (exact) mass is 437 g/mol. The summed E-state index contributed by atoms with van der Waals surface area (Å²) in [5.74, 6) is 1.49. The van der Waals surface area contributed by atoms with Crippen molar-refractivity contribution in [3.8, 4) is 6.07 Å². The van der Waals surface area contributed by atoms with Gasteiger partial charge in [0, 0.05) is 6.61 Å².